The summed E-state index contributed by atoms with van der Waals surface area (Å²) in [6.45, 7) is 4.64. The van der Waals surface area contributed by atoms with Gasteiger partial charge in [0.05, 0.1) is 0 Å². The average Bonchev–Trinajstić information content (AvgIpc) is 2.86. The summed E-state index contributed by atoms with van der Waals surface area (Å²) in [6, 6.07) is 10.9. The third kappa shape index (κ3) is 1.29. The molecular weight excluding hydrogens is 192 g/mol. The van der Waals surface area contributed by atoms with Crippen molar-refractivity contribution in [2.45, 2.75) is 33.1 Å². The second-order valence-corrected chi connectivity index (χ2v) is 5.02. The number of benzene rings is 1. The van der Waals surface area contributed by atoms with Crippen LogP contribution in [0.15, 0.2) is 47.1 Å². The average molecular weight is 210 g/mol. The molecule has 1 saturated carbocycles. The molecule has 1 aromatic carbocycles. The largest absolute Gasteiger partial charge is 0.0622 e. The fraction of sp³-hybridized carbons (Fsp3) is 0.375. The van der Waals surface area contributed by atoms with Crippen LogP contribution in [0.2, 0.25) is 0 Å². The van der Waals surface area contributed by atoms with Crippen molar-refractivity contribution in [3.8, 4) is 0 Å². The van der Waals surface area contributed by atoms with Gasteiger partial charge in [-0.05, 0) is 49.8 Å². The van der Waals surface area contributed by atoms with E-state index < -0.39 is 0 Å². The normalized spacial score (nSPS) is 24.2. The van der Waals surface area contributed by atoms with Crippen molar-refractivity contribution >= 4 is 5.57 Å². The molecule has 16 heavy (non-hydrogen) atoms. The summed E-state index contributed by atoms with van der Waals surface area (Å²) < 4.78 is 0. The van der Waals surface area contributed by atoms with Crippen LogP contribution in [-0.4, -0.2) is 0 Å². The van der Waals surface area contributed by atoms with E-state index in [0.717, 1.165) is 5.92 Å². The summed E-state index contributed by atoms with van der Waals surface area (Å²) in [5.41, 5.74) is 7.82. The molecule has 1 aromatic rings. The van der Waals surface area contributed by atoms with Crippen molar-refractivity contribution in [2.75, 3.05) is 0 Å². The number of rotatable bonds is 1. The summed E-state index contributed by atoms with van der Waals surface area (Å²) >= 11 is 0. The Hall–Kier alpha value is -1.30. The molecule has 3 rings (SSSR count). The van der Waals surface area contributed by atoms with Gasteiger partial charge in [0, 0.05) is 5.92 Å². The molecule has 0 radical (unpaired) electrons. The maximum atomic E-state index is 2.33. The van der Waals surface area contributed by atoms with Crippen LogP contribution >= 0.6 is 0 Å². The van der Waals surface area contributed by atoms with Crippen LogP contribution in [0.25, 0.3) is 5.57 Å². The van der Waals surface area contributed by atoms with Gasteiger partial charge >= 0.3 is 0 Å². The Morgan fingerprint density at radius 2 is 1.81 bits per heavy atom. The smallest absolute Gasteiger partial charge is 0.00195 e. The van der Waals surface area contributed by atoms with Crippen molar-refractivity contribution in [1.29, 1.82) is 0 Å². The van der Waals surface area contributed by atoms with Crippen LogP contribution in [0.1, 0.15) is 38.7 Å². The SMILES string of the molecule is CC1=C2CCCC2C(C)=C1c1ccccc1. The summed E-state index contributed by atoms with van der Waals surface area (Å²) in [7, 11) is 0. The second kappa shape index (κ2) is 3.62. The minimum atomic E-state index is 0.773. The van der Waals surface area contributed by atoms with Crippen LogP contribution in [0.3, 0.4) is 0 Å². The lowest BCUT2D eigenvalue weighted by molar-refractivity contribution is 0.733. The Kier molecular flexibility index (Phi) is 2.24. The van der Waals surface area contributed by atoms with Crippen LogP contribution in [-0.2, 0) is 0 Å². The summed E-state index contributed by atoms with van der Waals surface area (Å²) in [5.74, 6) is 0.773. The maximum Gasteiger partial charge on any atom is 0.00195 e. The van der Waals surface area contributed by atoms with Gasteiger partial charge < -0.3 is 0 Å². The first-order valence-corrected chi connectivity index (χ1v) is 6.25. The van der Waals surface area contributed by atoms with Gasteiger partial charge in [-0.1, -0.05) is 41.5 Å². The third-order valence-corrected chi connectivity index (χ3v) is 4.20. The predicted octanol–water partition coefficient (Wildman–Crippen LogP) is 4.59. The van der Waals surface area contributed by atoms with Crippen LogP contribution < -0.4 is 0 Å². The van der Waals surface area contributed by atoms with Crippen molar-refractivity contribution in [3.05, 3.63) is 52.6 Å². The van der Waals surface area contributed by atoms with Gasteiger partial charge in [-0.2, -0.15) is 0 Å². The molecule has 0 heteroatoms. The molecule has 1 fully saturated rings. The fourth-order valence-corrected chi connectivity index (χ4v) is 3.45. The number of hydrogen-bond donors (Lipinski definition) is 0. The lowest BCUT2D eigenvalue weighted by atomic mass is 9.95. The van der Waals surface area contributed by atoms with Crippen molar-refractivity contribution in [2.24, 2.45) is 5.92 Å². The van der Waals surface area contributed by atoms with E-state index >= 15 is 0 Å². The zero-order chi connectivity index (χ0) is 11.1. The highest BCUT2D eigenvalue weighted by atomic mass is 14.4. The van der Waals surface area contributed by atoms with Crippen molar-refractivity contribution in [1.82, 2.24) is 0 Å². The molecule has 2 aliphatic carbocycles. The van der Waals surface area contributed by atoms with E-state index in [4.69, 9.17) is 0 Å². The monoisotopic (exact) mass is 210 g/mol. The maximum absolute atomic E-state index is 2.33. The van der Waals surface area contributed by atoms with Crippen molar-refractivity contribution < 1.29 is 0 Å². The minimum absolute atomic E-state index is 0.773. The summed E-state index contributed by atoms with van der Waals surface area (Å²) in [6.07, 6.45) is 4.08. The van der Waals surface area contributed by atoms with Crippen LogP contribution in [0, 0.1) is 5.92 Å². The van der Waals surface area contributed by atoms with E-state index in [-0.39, 0.29) is 0 Å². The Morgan fingerprint density at radius 1 is 1.06 bits per heavy atom. The van der Waals surface area contributed by atoms with Gasteiger partial charge in [0.15, 0.2) is 0 Å². The fourth-order valence-electron chi connectivity index (χ4n) is 3.45. The predicted molar refractivity (Wildman–Crippen MR) is 69.1 cm³/mol. The van der Waals surface area contributed by atoms with E-state index in [9.17, 15) is 0 Å². The van der Waals surface area contributed by atoms with E-state index in [1.54, 1.807) is 16.7 Å². The minimum Gasteiger partial charge on any atom is -0.0622 e. The number of hydrogen-bond acceptors (Lipinski definition) is 0. The molecule has 0 amide bonds. The highest BCUT2D eigenvalue weighted by molar-refractivity contribution is 5.85. The molecule has 2 aliphatic rings. The first-order valence-electron chi connectivity index (χ1n) is 6.25. The molecule has 0 aromatic heterocycles. The van der Waals surface area contributed by atoms with Gasteiger partial charge in [-0.3, -0.25) is 0 Å². The van der Waals surface area contributed by atoms with Crippen LogP contribution in [0.5, 0.6) is 0 Å². The first-order chi connectivity index (χ1) is 7.79. The Labute approximate surface area is 97.7 Å². The molecule has 1 unspecified atom stereocenters. The molecule has 0 spiro atoms. The van der Waals surface area contributed by atoms with E-state index in [1.807, 2.05) is 0 Å². The van der Waals surface area contributed by atoms with Gasteiger partial charge in [-0.25, -0.2) is 0 Å². The molecule has 82 valence electrons. The zero-order valence-corrected chi connectivity index (χ0v) is 10.1. The lowest BCUT2D eigenvalue weighted by Gasteiger charge is -2.09. The zero-order valence-electron chi connectivity index (χ0n) is 10.1. The summed E-state index contributed by atoms with van der Waals surface area (Å²) in [5, 5.41) is 0. The van der Waals surface area contributed by atoms with Gasteiger partial charge in [0.25, 0.3) is 0 Å². The Bertz CT molecular complexity index is 474. The molecule has 0 aliphatic heterocycles. The Morgan fingerprint density at radius 3 is 2.50 bits per heavy atom. The van der Waals surface area contributed by atoms with E-state index in [2.05, 4.69) is 44.2 Å². The van der Waals surface area contributed by atoms with Crippen molar-refractivity contribution in [3.63, 3.8) is 0 Å². The van der Waals surface area contributed by atoms with Gasteiger partial charge in [0.1, 0.15) is 0 Å². The quantitative estimate of drug-likeness (QED) is 0.636. The van der Waals surface area contributed by atoms with Gasteiger partial charge in [-0.15, -0.1) is 0 Å². The summed E-state index contributed by atoms with van der Waals surface area (Å²) in [4.78, 5) is 0. The third-order valence-electron chi connectivity index (χ3n) is 4.20. The van der Waals surface area contributed by atoms with Gasteiger partial charge in [0.2, 0.25) is 0 Å². The molecular formula is C16H18. The molecule has 1 atom stereocenters. The van der Waals surface area contributed by atoms with Crippen LogP contribution in [0.4, 0.5) is 0 Å². The lowest BCUT2D eigenvalue weighted by Crippen LogP contribution is -1.93. The highest BCUT2D eigenvalue weighted by Crippen LogP contribution is 2.49. The topological polar surface area (TPSA) is 0 Å². The standard InChI is InChI=1S/C16H18/c1-11-14-9-6-10-15(14)12(2)16(11)13-7-4-3-5-8-13/h3-5,7-8,14H,6,9-10H2,1-2H3. The molecule has 0 N–H and O–H groups in total. The number of fused-ring (bicyclic) bond motifs is 1. The van der Waals surface area contributed by atoms with E-state index in [1.165, 1.54) is 30.4 Å². The Balaban J connectivity index is 2.12. The highest BCUT2D eigenvalue weighted by Gasteiger charge is 2.32. The number of allylic oxidation sites excluding steroid dienone is 4. The molecule has 0 nitrogen and oxygen atoms in total. The molecule has 0 saturated heterocycles. The molecule has 0 heterocycles. The second-order valence-electron chi connectivity index (χ2n) is 5.02. The van der Waals surface area contributed by atoms with E-state index in [0.29, 0.717) is 0 Å². The first kappa shape index (κ1) is 9.89. The molecule has 0 bridgehead atoms.